The third-order valence-corrected chi connectivity index (χ3v) is 4.71. The third kappa shape index (κ3) is 5.11. The lowest BCUT2D eigenvalue weighted by Crippen LogP contribution is -2.28. The van der Waals surface area contributed by atoms with Crippen molar-refractivity contribution in [2.45, 2.75) is 17.1 Å². The Morgan fingerprint density at radius 3 is 2.72 bits per heavy atom. The Morgan fingerprint density at radius 2 is 2.00 bits per heavy atom. The number of benzene rings is 1. The summed E-state index contributed by atoms with van der Waals surface area (Å²) in [5.74, 6) is -0.372. The number of amides is 1. The minimum atomic E-state index is -1.02. The summed E-state index contributed by atoms with van der Waals surface area (Å²) in [7, 11) is 3.39. The van der Waals surface area contributed by atoms with Crippen LogP contribution >= 0.6 is 11.8 Å². The molecular weight excluding hydrogens is 342 g/mol. The van der Waals surface area contributed by atoms with E-state index in [2.05, 4.69) is 0 Å². The van der Waals surface area contributed by atoms with E-state index in [0.29, 0.717) is 30.2 Å². The summed E-state index contributed by atoms with van der Waals surface area (Å²) in [6.45, 7) is 1.21. The molecule has 2 aromatic rings. The first-order valence-corrected chi connectivity index (χ1v) is 8.79. The van der Waals surface area contributed by atoms with E-state index in [1.807, 2.05) is 18.2 Å². The number of methoxy groups -OCH3 is 1. The lowest BCUT2D eigenvalue weighted by Gasteiger charge is -2.18. The van der Waals surface area contributed by atoms with Gasteiger partial charge in [0, 0.05) is 32.2 Å². The number of carboxylic acid groups (broad SMARTS) is 1. The molecular formula is C18H21NO5S. The maximum absolute atomic E-state index is 12.7. The summed E-state index contributed by atoms with van der Waals surface area (Å²) in [6, 6.07) is 8.72. The molecule has 25 heavy (non-hydrogen) atoms. The Morgan fingerprint density at radius 1 is 1.24 bits per heavy atom. The van der Waals surface area contributed by atoms with Gasteiger partial charge in [0.1, 0.15) is 11.3 Å². The van der Waals surface area contributed by atoms with Gasteiger partial charge in [0.15, 0.2) is 0 Å². The van der Waals surface area contributed by atoms with Crippen molar-refractivity contribution in [3.05, 3.63) is 53.5 Å². The van der Waals surface area contributed by atoms with Gasteiger partial charge in [-0.3, -0.25) is 4.79 Å². The zero-order valence-electron chi connectivity index (χ0n) is 14.2. The lowest BCUT2D eigenvalue weighted by molar-refractivity contribution is 0.0694. The van der Waals surface area contributed by atoms with E-state index in [1.165, 1.54) is 24.1 Å². The number of furan rings is 1. The molecule has 1 N–H and O–H groups in total. The van der Waals surface area contributed by atoms with Crippen molar-refractivity contribution < 1.29 is 23.8 Å². The lowest BCUT2D eigenvalue weighted by atomic mass is 10.2. The largest absolute Gasteiger partial charge is 0.478 e. The number of carbonyl (C=O) groups is 2. The normalized spacial score (nSPS) is 10.6. The smallest absolute Gasteiger partial charge is 0.339 e. The number of hydrogen-bond acceptors (Lipinski definition) is 5. The second kappa shape index (κ2) is 9.29. The Kier molecular flexibility index (Phi) is 7.09. The number of nitrogens with zero attached hydrogens (tertiary/aromatic N) is 1. The summed E-state index contributed by atoms with van der Waals surface area (Å²) in [5.41, 5.74) is 0.740. The SMILES string of the molecule is COCCCN(C)C(=O)c1ccccc1SCc1occc1C(=O)O. The summed E-state index contributed by atoms with van der Waals surface area (Å²) in [4.78, 5) is 26.2. The van der Waals surface area contributed by atoms with Crippen molar-refractivity contribution in [2.24, 2.45) is 0 Å². The number of rotatable bonds is 9. The number of thioether (sulfide) groups is 1. The quantitative estimate of drug-likeness (QED) is 0.543. The number of carbonyl (C=O) groups excluding carboxylic acids is 1. The molecule has 0 saturated heterocycles. The molecule has 0 bridgehead atoms. The van der Waals surface area contributed by atoms with Crippen molar-refractivity contribution in [3.8, 4) is 0 Å². The van der Waals surface area contributed by atoms with E-state index < -0.39 is 5.97 Å². The molecule has 0 radical (unpaired) electrons. The Labute approximate surface area is 150 Å². The molecule has 0 aliphatic carbocycles. The van der Waals surface area contributed by atoms with E-state index in [1.54, 1.807) is 25.1 Å². The highest BCUT2D eigenvalue weighted by Crippen LogP contribution is 2.28. The maximum atomic E-state index is 12.7. The van der Waals surface area contributed by atoms with E-state index in [0.717, 1.165) is 11.3 Å². The highest BCUT2D eigenvalue weighted by Gasteiger charge is 2.18. The fourth-order valence-corrected chi connectivity index (χ4v) is 3.30. The van der Waals surface area contributed by atoms with Gasteiger partial charge in [-0.25, -0.2) is 4.79 Å². The first-order chi connectivity index (χ1) is 12.0. The van der Waals surface area contributed by atoms with Gasteiger partial charge in [-0.15, -0.1) is 11.8 Å². The van der Waals surface area contributed by atoms with Crippen LogP contribution in [-0.4, -0.2) is 49.2 Å². The number of ether oxygens (including phenoxy) is 1. The molecule has 6 nitrogen and oxygen atoms in total. The molecule has 0 aliphatic rings. The van der Waals surface area contributed by atoms with Crippen molar-refractivity contribution in [1.82, 2.24) is 4.90 Å². The highest BCUT2D eigenvalue weighted by atomic mass is 32.2. The second-order valence-corrected chi connectivity index (χ2v) is 6.44. The minimum absolute atomic E-state index is 0.0721. The first-order valence-electron chi connectivity index (χ1n) is 7.80. The van der Waals surface area contributed by atoms with Gasteiger partial charge in [-0.05, 0) is 24.6 Å². The van der Waals surface area contributed by atoms with E-state index in [4.69, 9.17) is 14.3 Å². The molecule has 0 aliphatic heterocycles. The fraction of sp³-hybridized carbons (Fsp3) is 0.333. The van der Waals surface area contributed by atoms with Crippen molar-refractivity contribution in [3.63, 3.8) is 0 Å². The van der Waals surface area contributed by atoms with Gasteiger partial charge in [0.05, 0.1) is 17.6 Å². The van der Waals surface area contributed by atoms with Crippen molar-refractivity contribution >= 4 is 23.6 Å². The van der Waals surface area contributed by atoms with Gasteiger partial charge >= 0.3 is 5.97 Å². The van der Waals surface area contributed by atoms with Gasteiger partial charge < -0.3 is 19.2 Å². The second-order valence-electron chi connectivity index (χ2n) is 5.42. The van der Waals surface area contributed by atoms with Crippen molar-refractivity contribution in [2.75, 3.05) is 27.3 Å². The Bertz CT molecular complexity index is 728. The standard InChI is InChI=1S/C18H21NO5S/c1-19(9-5-10-23-2)17(20)14-6-3-4-7-16(14)25-12-15-13(18(21)22)8-11-24-15/h3-4,6-8,11H,5,9-10,12H2,1-2H3,(H,21,22). The summed E-state index contributed by atoms with van der Waals surface area (Å²) in [5, 5.41) is 9.13. The Balaban J connectivity index is 2.08. The highest BCUT2D eigenvalue weighted by molar-refractivity contribution is 7.98. The minimum Gasteiger partial charge on any atom is -0.478 e. The van der Waals surface area contributed by atoms with Crippen LogP contribution in [0.2, 0.25) is 0 Å². The topological polar surface area (TPSA) is 80.0 Å². The summed E-state index contributed by atoms with van der Waals surface area (Å²) >= 11 is 1.38. The van der Waals surface area contributed by atoms with Gasteiger partial charge in [-0.1, -0.05) is 12.1 Å². The van der Waals surface area contributed by atoms with E-state index in [9.17, 15) is 9.59 Å². The monoisotopic (exact) mass is 363 g/mol. The van der Waals surface area contributed by atoms with Crippen LogP contribution in [0.1, 0.15) is 32.9 Å². The average Bonchev–Trinajstić information content (AvgIpc) is 3.08. The molecule has 0 saturated carbocycles. The third-order valence-electron chi connectivity index (χ3n) is 3.64. The van der Waals surface area contributed by atoms with Crippen LogP contribution in [0.3, 0.4) is 0 Å². The zero-order chi connectivity index (χ0) is 18.2. The first kappa shape index (κ1) is 19.1. The number of hydrogen-bond donors (Lipinski definition) is 1. The van der Waals surface area contributed by atoms with Crippen LogP contribution in [0.4, 0.5) is 0 Å². The molecule has 0 fully saturated rings. The molecule has 134 valence electrons. The molecule has 1 aromatic carbocycles. The number of aromatic carboxylic acids is 1. The van der Waals surface area contributed by atoms with Crippen LogP contribution in [0.25, 0.3) is 0 Å². The maximum Gasteiger partial charge on any atom is 0.339 e. The molecule has 1 aromatic heterocycles. The molecule has 2 rings (SSSR count). The van der Waals surface area contributed by atoms with Crippen LogP contribution in [0.15, 0.2) is 45.9 Å². The number of carboxylic acids is 1. The van der Waals surface area contributed by atoms with E-state index >= 15 is 0 Å². The van der Waals surface area contributed by atoms with Crippen molar-refractivity contribution in [1.29, 1.82) is 0 Å². The summed E-state index contributed by atoms with van der Waals surface area (Å²) < 4.78 is 10.3. The summed E-state index contributed by atoms with van der Waals surface area (Å²) in [6.07, 6.45) is 2.13. The molecule has 0 unspecified atom stereocenters. The molecule has 1 amide bonds. The molecule has 7 heteroatoms. The predicted octanol–water partition coefficient (Wildman–Crippen LogP) is 3.38. The molecule has 0 atom stereocenters. The van der Waals surface area contributed by atoms with Gasteiger partial charge in [-0.2, -0.15) is 0 Å². The van der Waals surface area contributed by atoms with Crippen LogP contribution < -0.4 is 0 Å². The zero-order valence-corrected chi connectivity index (χ0v) is 15.0. The molecule has 1 heterocycles. The fourth-order valence-electron chi connectivity index (χ4n) is 2.31. The van der Waals surface area contributed by atoms with Crippen LogP contribution in [-0.2, 0) is 10.5 Å². The van der Waals surface area contributed by atoms with E-state index in [-0.39, 0.29) is 11.5 Å². The molecule has 0 spiro atoms. The Hall–Kier alpha value is -2.25. The van der Waals surface area contributed by atoms with Gasteiger partial charge in [0.2, 0.25) is 0 Å². The van der Waals surface area contributed by atoms with Crippen LogP contribution in [0.5, 0.6) is 0 Å². The average molecular weight is 363 g/mol. The van der Waals surface area contributed by atoms with Crippen LogP contribution in [0, 0.1) is 0 Å². The predicted molar refractivity (Wildman–Crippen MR) is 95.1 cm³/mol. The van der Waals surface area contributed by atoms with Gasteiger partial charge in [0.25, 0.3) is 5.91 Å².